The molecule has 0 aliphatic rings. The second kappa shape index (κ2) is 28.9. The molecule has 1 atom stereocenters. The lowest BCUT2D eigenvalue weighted by atomic mass is 10.00. The lowest BCUT2D eigenvalue weighted by molar-refractivity contribution is -0.130. The summed E-state index contributed by atoms with van der Waals surface area (Å²) in [7, 11) is 0. The summed E-state index contributed by atoms with van der Waals surface area (Å²) in [5.41, 5.74) is 0.380. The molecule has 0 spiro atoms. The molecular formula is C35H67NO2. The van der Waals surface area contributed by atoms with Gasteiger partial charge in [0, 0.05) is 11.5 Å². The van der Waals surface area contributed by atoms with Crippen LogP contribution in [0.15, 0.2) is 12.2 Å². The Hall–Kier alpha value is -1.12. The Kier molecular flexibility index (Phi) is 28.0. The molecule has 38 heavy (non-hydrogen) atoms. The molecule has 0 heterocycles. The molecule has 0 aliphatic carbocycles. The maximum atomic E-state index is 12.0. The summed E-state index contributed by atoms with van der Waals surface area (Å²) < 4.78 is 0. The van der Waals surface area contributed by atoms with Crippen LogP contribution in [0.3, 0.4) is 0 Å². The largest absolute Gasteiger partial charge is 0.292 e. The average molecular weight is 534 g/mol. The topological polar surface area (TPSA) is 46.2 Å². The molecule has 1 N–H and O–H groups in total. The van der Waals surface area contributed by atoms with Crippen LogP contribution in [0.25, 0.3) is 0 Å². The van der Waals surface area contributed by atoms with Gasteiger partial charge in [0.2, 0.25) is 5.91 Å². The zero-order valence-corrected chi connectivity index (χ0v) is 26.2. The number of nitrogens with one attached hydrogen (secondary N) is 1. The molecule has 0 aromatic rings. The van der Waals surface area contributed by atoms with E-state index < -0.39 is 0 Å². The summed E-state index contributed by atoms with van der Waals surface area (Å²) in [5, 5.41) is 2.42. The highest BCUT2D eigenvalue weighted by Gasteiger charge is 2.15. The van der Waals surface area contributed by atoms with E-state index in [0.29, 0.717) is 5.57 Å². The predicted octanol–water partition coefficient (Wildman–Crippen LogP) is 11.4. The van der Waals surface area contributed by atoms with Gasteiger partial charge in [-0.05, 0) is 13.3 Å². The number of amides is 2. The van der Waals surface area contributed by atoms with E-state index in [4.69, 9.17) is 0 Å². The number of unbranched alkanes of at least 4 members (excludes halogenated alkanes) is 25. The second-order valence-corrected chi connectivity index (χ2v) is 12.1. The zero-order valence-electron chi connectivity index (χ0n) is 26.2. The lowest BCUT2D eigenvalue weighted by Gasteiger charge is -2.11. The van der Waals surface area contributed by atoms with Crippen molar-refractivity contribution in [2.24, 2.45) is 5.92 Å². The van der Waals surface area contributed by atoms with E-state index >= 15 is 0 Å². The van der Waals surface area contributed by atoms with Gasteiger partial charge in [0.1, 0.15) is 0 Å². The third-order valence-corrected chi connectivity index (χ3v) is 8.06. The van der Waals surface area contributed by atoms with Crippen molar-refractivity contribution >= 4 is 11.8 Å². The fraction of sp³-hybridized carbons (Fsp3) is 0.886. The average Bonchev–Trinajstić information content (AvgIpc) is 2.90. The van der Waals surface area contributed by atoms with Crippen LogP contribution in [0.4, 0.5) is 0 Å². The van der Waals surface area contributed by atoms with E-state index in [0.717, 1.165) is 12.8 Å². The minimum Gasteiger partial charge on any atom is -0.292 e. The van der Waals surface area contributed by atoms with E-state index in [9.17, 15) is 9.59 Å². The first-order valence-corrected chi connectivity index (χ1v) is 17.0. The van der Waals surface area contributed by atoms with Crippen LogP contribution in [-0.2, 0) is 9.59 Å². The summed E-state index contributed by atoms with van der Waals surface area (Å²) in [4.78, 5) is 23.5. The molecule has 0 radical (unpaired) electrons. The molecule has 0 saturated heterocycles. The molecule has 224 valence electrons. The van der Waals surface area contributed by atoms with Crippen LogP contribution in [-0.4, -0.2) is 11.8 Å². The molecule has 3 nitrogen and oxygen atoms in total. The van der Waals surface area contributed by atoms with Gasteiger partial charge in [-0.1, -0.05) is 187 Å². The normalized spacial score (nSPS) is 12.0. The van der Waals surface area contributed by atoms with Gasteiger partial charge in [-0.15, -0.1) is 0 Å². The fourth-order valence-electron chi connectivity index (χ4n) is 5.24. The van der Waals surface area contributed by atoms with Gasteiger partial charge in [0.15, 0.2) is 0 Å². The number of rotatable bonds is 29. The van der Waals surface area contributed by atoms with E-state index in [-0.39, 0.29) is 17.7 Å². The maximum absolute atomic E-state index is 12.0. The highest BCUT2D eigenvalue weighted by atomic mass is 16.2. The Morgan fingerprint density at radius 1 is 0.526 bits per heavy atom. The summed E-state index contributed by atoms with van der Waals surface area (Å²) in [6.45, 7) is 9.39. The first kappa shape index (κ1) is 36.9. The van der Waals surface area contributed by atoms with Crippen molar-refractivity contribution < 1.29 is 9.59 Å². The first-order chi connectivity index (χ1) is 18.5. The number of carbonyl (C=O) groups excluding carboxylic acids is 2. The molecule has 3 heteroatoms. The van der Waals surface area contributed by atoms with E-state index in [1.807, 2.05) is 6.92 Å². The van der Waals surface area contributed by atoms with Crippen LogP contribution in [0.5, 0.6) is 0 Å². The Morgan fingerprint density at radius 3 is 1.05 bits per heavy atom. The van der Waals surface area contributed by atoms with Crippen molar-refractivity contribution in [3.05, 3.63) is 12.2 Å². The van der Waals surface area contributed by atoms with Gasteiger partial charge in [-0.2, -0.15) is 0 Å². The van der Waals surface area contributed by atoms with Gasteiger partial charge in [-0.3, -0.25) is 14.9 Å². The molecule has 0 aliphatic heterocycles. The monoisotopic (exact) mass is 534 g/mol. The quantitative estimate of drug-likeness (QED) is 0.0767. The van der Waals surface area contributed by atoms with Gasteiger partial charge < -0.3 is 0 Å². The summed E-state index contributed by atoms with van der Waals surface area (Å²) in [6.07, 6.45) is 37.3. The van der Waals surface area contributed by atoms with Crippen LogP contribution in [0.1, 0.15) is 194 Å². The number of hydrogen-bond acceptors (Lipinski definition) is 2. The second-order valence-electron chi connectivity index (χ2n) is 12.1. The van der Waals surface area contributed by atoms with E-state index in [1.54, 1.807) is 6.92 Å². The maximum Gasteiger partial charge on any atom is 0.252 e. The third-order valence-electron chi connectivity index (χ3n) is 8.06. The fourth-order valence-corrected chi connectivity index (χ4v) is 5.24. The Labute approximate surface area is 238 Å². The van der Waals surface area contributed by atoms with Gasteiger partial charge in [0.05, 0.1) is 0 Å². The molecule has 0 aromatic heterocycles. The minimum absolute atomic E-state index is 0.104. The Bertz CT molecular complexity index is 556. The minimum atomic E-state index is -0.355. The van der Waals surface area contributed by atoms with Crippen molar-refractivity contribution in [3.63, 3.8) is 0 Å². The highest BCUT2D eigenvalue weighted by molar-refractivity contribution is 6.04. The van der Waals surface area contributed by atoms with E-state index in [1.165, 1.54) is 161 Å². The SMILES string of the molecule is C=C(C)C(=O)NC(=O)C(C)CCCCCCCCCCCCCCCCCCCCCCCCCCCC. The van der Waals surface area contributed by atoms with Crippen molar-refractivity contribution in [2.45, 2.75) is 194 Å². The van der Waals surface area contributed by atoms with Crippen molar-refractivity contribution in [3.8, 4) is 0 Å². The molecule has 0 fully saturated rings. The van der Waals surface area contributed by atoms with Crippen molar-refractivity contribution in [1.29, 1.82) is 0 Å². The molecule has 0 bridgehead atoms. The standard InChI is InChI=1S/C35H67NO2/c1-5-6-7-8-9-10-11-12-13-14-15-16-17-18-19-20-21-22-23-24-25-26-27-28-29-30-31-33(4)35(38)36-34(37)32(2)3/h33H,2,5-31H2,1,3-4H3,(H,36,37,38). The third kappa shape index (κ3) is 26.5. The van der Waals surface area contributed by atoms with Gasteiger partial charge in [0.25, 0.3) is 5.91 Å². The predicted molar refractivity (Wildman–Crippen MR) is 167 cm³/mol. The summed E-state index contributed by atoms with van der Waals surface area (Å²) in [6, 6.07) is 0. The molecule has 2 amide bonds. The Balaban J connectivity index is 3.20. The zero-order chi connectivity index (χ0) is 28.1. The summed E-state index contributed by atoms with van der Waals surface area (Å²) >= 11 is 0. The highest BCUT2D eigenvalue weighted by Crippen LogP contribution is 2.17. The van der Waals surface area contributed by atoms with Crippen LogP contribution in [0.2, 0.25) is 0 Å². The lowest BCUT2D eigenvalue weighted by Crippen LogP contribution is -2.34. The van der Waals surface area contributed by atoms with Gasteiger partial charge >= 0.3 is 0 Å². The molecule has 0 saturated carbocycles. The van der Waals surface area contributed by atoms with Crippen LogP contribution >= 0.6 is 0 Å². The van der Waals surface area contributed by atoms with E-state index in [2.05, 4.69) is 18.8 Å². The molecule has 0 aromatic carbocycles. The smallest absolute Gasteiger partial charge is 0.252 e. The van der Waals surface area contributed by atoms with Gasteiger partial charge in [-0.25, -0.2) is 0 Å². The van der Waals surface area contributed by atoms with Crippen LogP contribution < -0.4 is 5.32 Å². The van der Waals surface area contributed by atoms with Crippen LogP contribution in [0, 0.1) is 5.92 Å². The molecule has 0 rings (SSSR count). The molecule has 1 unspecified atom stereocenters. The Morgan fingerprint density at radius 2 is 0.789 bits per heavy atom. The first-order valence-electron chi connectivity index (χ1n) is 17.0. The number of carbonyl (C=O) groups is 2. The number of imide groups is 1. The summed E-state index contributed by atoms with van der Waals surface area (Å²) in [5.74, 6) is -0.628. The van der Waals surface area contributed by atoms with Crippen molar-refractivity contribution in [2.75, 3.05) is 0 Å². The molecular weight excluding hydrogens is 466 g/mol. The van der Waals surface area contributed by atoms with Crippen molar-refractivity contribution in [1.82, 2.24) is 5.32 Å². The number of hydrogen-bond donors (Lipinski definition) is 1.